The molecule has 0 aromatic heterocycles. The molecule has 0 spiro atoms. The van der Waals surface area contributed by atoms with E-state index in [4.69, 9.17) is 37.0 Å². The lowest BCUT2D eigenvalue weighted by Gasteiger charge is -2.21. The summed E-state index contributed by atoms with van der Waals surface area (Å²) in [4.78, 5) is 72.8. The van der Waals surface area contributed by atoms with Crippen molar-refractivity contribution in [2.24, 2.45) is 0 Å². The van der Waals surface area contributed by atoms with Crippen LogP contribution in [0.1, 0.15) is 374 Å². The predicted octanol–water partition coefficient (Wildman–Crippen LogP) is 22.3. The molecule has 5 atom stereocenters. The van der Waals surface area contributed by atoms with E-state index in [1.807, 2.05) is 0 Å². The van der Waals surface area contributed by atoms with E-state index in [1.165, 1.54) is 161 Å². The van der Waals surface area contributed by atoms with E-state index in [2.05, 4.69) is 64.2 Å². The van der Waals surface area contributed by atoms with Gasteiger partial charge in [0.1, 0.15) is 19.3 Å². The second kappa shape index (κ2) is 70.7. The van der Waals surface area contributed by atoms with Gasteiger partial charge in [-0.3, -0.25) is 37.3 Å². The van der Waals surface area contributed by atoms with Crippen LogP contribution in [0.25, 0.3) is 0 Å². The first-order valence-electron chi connectivity index (χ1n) is 39.2. The highest BCUT2D eigenvalue weighted by molar-refractivity contribution is 7.47. The summed E-state index contributed by atoms with van der Waals surface area (Å²) in [5.41, 5.74) is 0. The topological polar surface area (TPSA) is 237 Å². The molecule has 0 aliphatic rings. The van der Waals surface area contributed by atoms with E-state index in [0.29, 0.717) is 25.7 Å². The molecule has 17 nitrogen and oxygen atoms in total. The highest BCUT2D eigenvalue weighted by Crippen LogP contribution is 2.45. The van der Waals surface area contributed by atoms with Crippen LogP contribution in [0.2, 0.25) is 0 Å². The quantitative estimate of drug-likeness (QED) is 0.0169. The molecule has 0 aliphatic carbocycles. The van der Waals surface area contributed by atoms with Gasteiger partial charge in [0.2, 0.25) is 0 Å². The molecule has 0 aromatic carbocycles. The summed E-state index contributed by atoms with van der Waals surface area (Å²) in [6, 6.07) is 0. The van der Waals surface area contributed by atoms with Crippen LogP contribution < -0.4 is 0 Å². The van der Waals surface area contributed by atoms with Crippen molar-refractivity contribution >= 4 is 39.5 Å². The molecule has 0 saturated heterocycles. The Labute approximate surface area is 585 Å². The SMILES string of the molecule is CC/C=C\C/C=C\C/C=C\CCCCCCCCCC(=O)OCC(COP(=O)(O)OCC(O)COP(=O)(O)OCC(COC(=O)CCCCCCCCCCCCCCC)OC(=O)CCCCCCCCCCCCCCC)OC(=O)CCCCCCCCCCCCCCC. The number of rotatable bonds is 75. The number of allylic oxidation sites excluding steroid dienone is 6. The largest absolute Gasteiger partial charge is 0.472 e. The number of hydrogen-bond acceptors (Lipinski definition) is 15. The van der Waals surface area contributed by atoms with Gasteiger partial charge in [-0.1, -0.05) is 327 Å². The van der Waals surface area contributed by atoms with E-state index >= 15 is 0 Å². The lowest BCUT2D eigenvalue weighted by molar-refractivity contribution is -0.161. The lowest BCUT2D eigenvalue weighted by atomic mass is 10.0. The first kappa shape index (κ1) is 93.3. The number of phosphoric acid groups is 2. The third kappa shape index (κ3) is 69.7. The Balaban J connectivity index is 5.28. The maximum atomic E-state index is 13.1. The summed E-state index contributed by atoms with van der Waals surface area (Å²) in [6.45, 7) is 4.84. The van der Waals surface area contributed by atoms with E-state index in [0.717, 1.165) is 135 Å². The van der Waals surface area contributed by atoms with Crippen LogP contribution in [0, 0.1) is 0 Å². The minimum absolute atomic E-state index is 0.101. The summed E-state index contributed by atoms with van der Waals surface area (Å²) in [7, 11) is -9.92. The second-order valence-electron chi connectivity index (χ2n) is 26.6. The zero-order valence-corrected chi connectivity index (χ0v) is 63.4. The molecule has 0 bridgehead atoms. The normalized spacial score (nSPS) is 14.1. The van der Waals surface area contributed by atoms with Crippen LogP contribution in [0.4, 0.5) is 0 Å². The molecule has 564 valence electrons. The number of carbonyl (C=O) groups excluding carboxylic acids is 4. The van der Waals surface area contributed by atoms with Gasteiger partial charge in [0.25, 0.3) is 0 Å². The molecule has 96 heavy (non-hydrogen) atoms. The molecule has 3 N–H and O–H groups in total. The minimum Gasteiger partial charge on any atom is -0.462 e. The van der Waals surface area contributed by atoms with E-state index in [9.17, 15) is 43.2 Å². The van der Waals surface area contributed by atoms with Crippen molar-refractivity contribution in [3.63, 3.8) is 0 Å². The number of carbonyl (C=O) groups is 4. The standard InChI is InChI=1S/C77H144O17P2/c1-5-9-13-17-21-25-29-33-34-35-36-40-42-46-50-54-58-62-75(80)88-68-73(94-77(82)64-60-56-52-48-44-39-32-28-24-20-16-12-8-4)70-92-96(85,86)90-66-71(78)65-89-95(83,84)91-69-72(93-76(81)63-59-55-51-47-43-38-31-27-23-19-15-11-7-3)67-87-74(79)61-57-53-49-45-41-37-30-26-22-18-14-10-6-2/h9,13,21,25,33-34,71-73,78H,5-8,10-12,14-20,22-24,26-32,35-70H2,1-4H3,(H,83,84)(H,85,86)/b13-9-,25-21-,34-33-. The first-order valence-corrected chi connectivity index (χ1v) is 42.2. The molecule has 0 amide bonds. The third-order valence-electron chi connectivity index (χ3n) is 17.1. The molecule has 0 rings (SSSR count). The average Bonchev–Trinajstić information content (AvgIpc) is 3.12. The monoisotopic (exact) mass is 1400 g/mol. The molecule has 0 aromatic rings. The summed E-state index contributed by atoms with van der Waals surface area (Å²) < 4.78 is 68.5. The van der Waals surface area contributed by atoms with E-state index in [-0.39, 0.29) is 25.7 Å². The maximum Gasteiger partial charge on any atom is 0.472 e. The third-order valence-corrected chi connectivity index (χ3v) is 19.1. The van der Waals surface area contributed by atoms with Crippen molar-refractivity contribution in [3.05, 3.63) is 36.5 Å². The number of hydrogen-bond donors (Lipinski definition) is 3. The molecule has 0 aliphatic heterocycles. The lowest BCUT2D eigenvalue weighted by Crippen LogP contribution is -2.30. The summed E-state index contributed by atoms with van der Waals surface area (Å²) in [6.07, 6.45) is 65.5. The number of esters is 4. The van der Waals surface area contributed by atoms with Crippen molar-refractivity contribution in [3.8, 4) is 0 Å². The van der Waals surface area contributed by atoms with Crippen LogP contribution in [-0.4, -0.2) is 96.7 Å². The number of aliphatic hydroxyl groups is 1. The fourth-order valence-electron chi connectivity index (χ4n) is 11.2. The number of ether oxygens (including phenoxy) is 4. The van der Waals surface area contributed by atoms with Crippen LogP contribution in [0.5, 0.6) is 0 Å². The molecule has 0 fully saturated rings. The van der Waals surface area contributed by atoms with Crippen LogP contribution in [0.15, 0.2) is 36.5 Å². The fourth-order valence-corrected chi connectivity index (χ4v) is 12.8. The summed E-state index contributed by atoms with van der Waals surface area (Å²) >= 11 is 0. The number of aliphatic hydroxyl groups excluding tert-OH is 1. The van der Waals surface area contributed by atoms with Crippen LogP contribution >= 0.6 is 15.6 Å². The predicted molar refractivity (Wildman–Crippen MR) is 391 cm³/mol. The van der Waals surface area contributed by atoms with Crippen LogP contribution in [-0.2, 0) is 65.4 Å². The van der Waals surface area contributed by atoms with Gasteiger partial charge in [-0.25, -0.2) is 9.13 Å². The van der Waals surface area contributed by atoms with Gasteiger partial charge in [0, 0.05) is 25.7 Å². The van der Waals surface area contributed by atoms with Gasteiger partial charge in [0.05, 0.1) is 26.4 Å². The average molecular weight is 1400 g/mol. The van der Waals surface area contributed by atoms with Gasteiger partial charge in [-0.05, 0) is 57.8 Å². The summed E-state index contributed by atoms with van der Waals surface area (Å²) in [5, 5.41) is 10.6. The Kier molecular flexibility index (Phi) is 68.7. The van der Waals surface area contributed by atoms with E-state index in [1.54, 1.807) is 0 Å². The van der Waals surface area contributed by atoms with Crippen LogP contribution in [0.3, 0.4) is 0 Å². The smallest absolute Gasteiger partial charge is 0.462 e. The van der Waals surface area contributed by atoms with Gasteiger partial charge in [0.15, 0.2) is 12.2 Å². The molecule has 5 unspecified atom stereocenters. The van der Waals surface area contributed by atoms with Gasteiger partial charge in [-0.15, -0.1) is 0 Å². The highest BCUT2D eigenvalue weighted by Gasteiger charge is 2.30. The number of phosphoric ester groups is 2. The number of unbranched alkanes of at least 4 members (excludes halogenated alkanes) is 43. The molecular formula is C77H144O17P2. The summed E-state index contributed by atoms with van der Waals surface area (Å²) in [5.74, 6) is -2.14. The van der Waals surface area contributed by atoms with E-state index < -0.39 is 97.5 Å². The second-order valence-corrected chi connectivity index (χ2v) is 29.6. The van der Waals surface area contributed by atoms with Crippen molar-refractivity contribution < 1.29 is 80.2 Å². The zero-order chi connectivity index (χ0) is 70.4. The Morgan fingerprint density at radius 3 is 0.833 bits per heavy atom. The molecule has 0 saturated carbocycles. The fraction of sp³-hybridized carbons (Fsp3) is 0.870. The Hall–Kier alpha value is -2.72. The van der Waals surface area contributed by atoms with Crippen molar-refractivity contribution in [1.82, 2.24) is 0 Å². The molecule has 0 radical (unpaired) electrons. The Bertz CT molecular complexity index is 1970. The zero-order valence-electron chi connectivity index (χ0n) is 61.6. The highest BCUT2D eigenvalue weighted by atomic mass is 31.2. The van der Waals surface area contributed by atoms with Gasteiger partial charge in [-0.2, -0.15) is 0 Å². The van der Waals surface area contributed by atoms with Crippen molar-refractivity contribution in [2.75, 3.05) is 39.6 Å². The van der Waals surface area contributed by atoms with Crippen molar-refractivity contribution in [2.45, 2.75) is 393 Å². The Morgan fingerprint density at radius 2 is 0.542 bits per heavy atom. The van der Waals surface area contributed by atoms with Gasteiger partial charge < -0.3 is 33.8 Å². The van der Waals surface area contributed by atoms with Gasteiger partial charge >= 0.3 is 39.5 Å². The first-order chi connectivity index (χ1) is 46.7. The maximum absolute atomic E-state index is 13.1. The van der Waals surface area contributed by atoms with Crippen molar-refractivity contribution in [1.29, 1.82) is 0 Å². The molecular weight excluding hydrogens is 1260 g/mol. The molecule has 0 heterocycles. The Morgan fingerprint density at radius 1 is 0.302 bits per heavy atom. The molecule has 19 heteroatoms. The minimum atomic E-state index is -4.96.